The number of ether oxygens (including phenoxy) is 2. The van der Waals surface area contributed by atoms with E-state index in [0.717, 1.165) is 11.8 Å². The van der Waals surface area contributed by atoms with Crippen LogP contribution in [0.15, 0.2) is 53.4 Å². The zero-order chi connectivity index (χ0) is 19.2. The number of methoxy groups -OCH3 is 1. The number of rotatable bonds is 7. The van der Waals surface area contributed by atoms with Crippen LogP contribution in [0.5, 0.6) is 0 Å². The minimum atomic E-state index is -3.50. The smallest absolute Gasteiger partial charge is 0.338 e. The number of sulfone groups is 1. The molecule has 2 rings (SSSR count). The number of carbonyl (C=O) groups excluding carboxylic acids is 2. The van der Waals surface area contributed by atoms with Gasteiger partial charge in [-0.15, -0.1) is 0 Å². The number of para-hydroxylation sites is 1. The average Bonchev–Trinajstić information content (AvgIpc) is 2.60. The maximum Gasteiger partial charge on any atom is 0.338 e. The van der Waals surface area contributed by atoms with Gasteiger partial charge in [0, 0.05) is 13.4 Å². The van der Waals surface area contributed by atoms with E-state index < -0.39 is 28.3 Å². The third-order valence-corrected chi connectivity index (χ3v) is 4.52. The summed E-state index contributed by atoms with van der Waals surface area (Å²) >= 11 is 0. The molecule has 7 nitrogen and oxygen atoms in total. The summed E-state index contributed by atoms with van der Waals surface area (Å²) in [5.74, 6) is -1.29. The maximum absolute atomic E-state index is 12.0. The van der Waals surface area contributed by atoms with Crippen molar-refractivity contribution in [3.8, 4) is 0 Å². The Hall–Kier alpha value is -2.71. The van der Waals surface area contributed by atoms with E-state index in [9.17, 15) is 18.0 Å². The summed E-state index contributed by atoms with van der Waals surface area (Å²) < 4.78 is 33.4. The van der Waals surface area contributed by atoms with Crippen molar-refractivity contribution < 1.29 is 27.5 Å². The van der Waals surface area contributed by atoms with E-state index in [4.69, 9.17) is 9.47 Å². The highest BCUT2D eigenvalue weighted by Crippen LogP contribution is 2.20. The molecule has 0 spiro atoms. The molecule has 0 saturated carbocycles. The van der Waals surface area contributed by atoms with E-state index in [2.05, 4.69) is 5.32 Å². The third-order valence-electron chi connectivity index (χ3n) is 3.37. The van der Waals surface area contributed by atoms with Crippen LogP contribution >= 0.6 is 0 Å². The summed E-state index contributed by atoms with van der Waals surface area (Å²) in [6, 6.07) is 12.7. The lowest BCUT2D eigenvalue weighted by molar-refractivity contribution is -0.119. The predicted octanol–water partition coefficient (Wildman–Crippen LogP) is 2.03. The lowest BCUT2D eigenvalue weighted by Gasteiger charge is -2.10. The highest BCUT2D eigenvalue weighted by atomic mass is 32.2. The fourth-order valence-electron chi connectivity index (χ4n) is 2.25. The van der Waals surface area contributed by atoms with E-state index in [1.807, 2.05) is 0 Å². The van der Waals surface area contributed by atoms with E-state index in [-0.39, 0.29) is 10.6 Å². The Morgan fingerprint density at radius 3 is 2.50 bits per heavy atom. The fourth-order valence-corrected chi connectivity index (χ4v) is 3.09. The van der Waals surface area contributed by atoms with Gasteiger partial charge in [0.25, 0.3) is 5.91 Å². The molecule has 0 aliphatic heterocycles. The molecule has 0 saturated heterocycles. The Bertz CT molecular complexity index is 907. The Balaban J connectivity index is 1.99. The Morgan fingerprint density at radius 1 is 1.08 bits per heavy atom. The Morgan fingerprint density at radius 2 is 1.81 bits per heavy atom. The average molecular weight is 377 g/mol. The first-order valence-corrected chi connectivity index (χ1v) is 9.54. The van der Waals surface area contributed by atoms with Crippen LogP contribution < -0.4 is 5.32 Å². The number of esters is 1. The molecule has 0 bridgehead atoms. The van der Waals surface area contributed by atoms with Crippen molar-refractivity contribution >= 4 is 27.4 Å². The summed E-state index contributed by atoms with van der Waals surface area (Å²) in [5.41, 5.74) is 1.23. The van der Waals surface area contributed by atoms with Crippen LogP contribution in [-0.2, 0) is 30.7 Å². The highest BCUT2D eigenvalue weighted by Gasteiger charge is 2.16. The number of nitrogens with one attached hydrogen (secondary N) is 1. The normalized spacial score (nSPS) is 11.0. The van der Waals surface area contributed by atoms with Crippen LogP contribution in [0.25, 0.3) is 0 Å². The molecule has 0 fully saturated rings. The molecule has 0 heterocycles. The first-order chi connectivity index (χ1) is 12.3. The van der Waals surface area contributed by atoms with Crippen molar-refractivity contribution in [2.75, 3.05) is 25.3 Å². The zero-order valence-corrected chi connectivity index (χ0v) is 15.2. The van der Waals surface area contributed by atoms with Gasteiger partial charge in [-0.1, -0.05) is 24.3 Å². The van der Waals surface area contributed by atoms with E-state index in [1.165, 1.54) is 12.1 Å². The monoisotopic (exact) mass is 377 g/mol. The van der Waals surface area contributed by atoms with Gasteiger partial charge in [0.2, 0.25) is 0 Å². The maximum atomic E-state index is 12.0. The van der Waals surface area contributed by atoms with E-state index in [1.54, 1.807) is 43.5 Å². The zero-order valence-electron chi connectivity index (χ0n) is 14.4. The van der Waals surface area contributed by atoms with Crippen molar-refractivity contribution in [1.29, 1.82) is 0 Å². The number of benzene rings is 2. The predicted molar refractivity (Wildman–Crippen MR) is 95.6 cm³/mol. The molecule has 2 aromatic rings. The van der Waals surface area contributed by atoms with Gasteiger partial charge in [-0.3, -0.25) is 4.79 Å². The molecule has 0 radical (unpaired) electrons. The second kappa shape index (κ2) is 8.59. The summed E-state index contributed by atoms with van der Waals surface area (Å²) in [4.78, 5) is 24.0. The van der Waals surface area contributed by atoms with Crippen molar-refractivity contribution in [3.63, 3.8) is 0 Å². The van der Waals surface area contributed by atoms with Crippen LogP contribution in [-0.4, -0.2) is 40.3 Å². The molecule has 0 unspecified atom stereocenters. The molecule has 0 aromatic heterocycles. The molecule has 138 valence electrons. The number of hydrogen-bond donors (Lipinski definition) is 1. The van der Waals surface area contributed by atoms with Gasteiger partial charge in [0.1, 0.15) is 0 Å². The van der Waals surface area contributed by atoms with Crippen molar-refractivity contribution in [2.24, 2.45) is 0 Å². The first-order valence-electron chi connectivity index (χ1n) is 7.65. The first kappa shape index (κ1) is 19.6. The molecule has 26 heavy (non-hydrogen) atoms. The topological polar surface area (TPSA) is 98.8 Å². The molecule has 1 N–H and O–H groups in total. The molecule has 2 aromatic carbocycles. The Labute approximate surface area is 151 Å². The van der Waals surface area contributed by atoms with Gasteiger partial charge in [-0.05, 0) is 29.8 Å². The number of hydrogen-bond acceptors (Lipinski definition) is 6. The van der Waals surface area contributed by atoms with Crippen LogP contribution in [0.4, 0.5) is 5.69 Å². The standard InChI is InChI=1S/C18H19NO6S/c1-24-11-13-6-5-7-14(10-13)18(21)25-12-17(20)19-15-8-3-4-9-16(15)26(2,22)23/h3-10H,11-12H2,1-2H3,(H,19,20). The van der Waals surface area contributed by atoms with Crippen LogP contribution in [0, 0.1) is 0 Å². The van der Waals surface area contributed by atoms with Gasteiger partial charge < -0.3 is 14.8 Å². The molecule has 0 aliphatic carbocycles. The van der Waals surface area contributed by atoms with Crippen LogP contribution in [0.1, 0.15) is 15.9 Å². The molecular formula is C18H19NO6S. The fraction of sp³-hybridized carbons (Fsp3) is 0.222. The van der Waals surface area contributed by atoms with Gasteiger partial charge in [0.05, 0.1) is 22.8 Å². The molecular weight excluding hydrogens is 358 g/mol. The SMILES string of the molecule is COCc1cccc(C(=O)OCC(=O)Nc2ccccc2S(C)(=O)=O)c1. The van der Waals surface area contributed by atoms with E-state index in [0.29, 0.717) is 12.2 Å². The molecule has 1 amide bonds. The van der Waals surface area contributed by atoms with Crippen molar-refractivity contribution in [2.45, 2.75) is 11.5 Å². The second-order valence-electron chi connectivity index (χ2n) is 5.53. The minimum absolute atomic E-state index is 0.00746. The van der Waals surface area contributed by atoms with Gasteiger partial charge in [-0.2, -0.15) is 0 Å². The summed E-state index contributed by atoms with van der Waals surface area (Å²) in [6.45, 7) is -0.185. The largest absolute Gasteiger partial charge is 0.452 e. The van der Waals surface area contributed by atoms with Gasteiger partial charge in [0.15, 0.2) is 16.4 Å². The lowest BCUT2D eigenvalue weighted by Crippen LogP contribution is -2.22. The molecule has 0 atom stereocenters. The van der Waals surface area contributed by atoms with Crippen molar-refractivity contribution in [1.82, 2.24) is 0 Å². The third kappa shape index (κ3) is 5.40. The lowest BCUT2D eigenvalue weighted by atomic mass is 10.1. The quantitative estimate of drug-likeness (QED) is 0.742. The van der Waals surface area contributed by atoms with Crippen molar-refractivity contribution in [3.05, 3.63) is 59.7 Å². The highest BCUT2D eigenvalue weighted by molar-refractivity contribution is 7.90. The summed E-state index contributed by atoms with van der Waals surface area (Å²) in [5, 5.41) is 2.44. The van der Waals surface area contributed by atoms with Gasteiger partial charge >= 0.3 is 5.97 Å². The van der Waals surface area contributed by atoms with E-state index >= 15 is 0 Å². The van der Waals surface area contributed by atoms with Crippen LogP contribution in [0.3, 0.4) is 0 Å². The van der Waals surface area contributed by atoms with Gasteiger partial charge in [-0.25, -0.2) is 13.2 Å². The second-order valence-corrected chi connectivity index (χ2v) is 7.51. The summed E-state index contributed by atoms with van der Waals surface area (Å²) in [7, 11) is -1.95. The minimum Gasteiger partial charge on any atom is -0.452 e. The summed E-state index contributed by atoms with van der Waals surface area (Å²) in [6.07, 6.45) is 1.05. The Kier molecular flexibility index (Phi) is 6.48. The number of carbonyl (C=O) groups is 2. The number of amides is 1. The van der Waals surface area contributed by atoms with Crippen LogP contribution in [0.2, 0.25) is 0 Å². The number of anilines is 1. The molecule has 0 aliphatic rings. The molecule has 8 heteroatoms.